The number of nitrogens with one attached hydrogen (secondary N) is 1. The monoisotopic (exact) mass is 454 g/mol. The van der Waals surface area contributed by atoms with Gasteiger partial charge >= 0.3 is 0 Å². The zero-order chi connectivity index (χ0) is 16.1. The van der Waals surface area contributed by atoms with Gasteiger partial charge in [0.25, 0.3) is 0 Å². The van der Waals surface area contributed by atoms with Gasteiger partial charge in [0.05, 0.1) is 6.61 Å². The van der Waals surface area contributed by atoms with Gasteiger partial charge in [-0.15, -0.1) is 24.8 Å². The predicted octanol–water partition coefficient (Wildman–Crippen LogP) is 4.06. The van der Waals surface area contributed by atoms with Crippen LogP contribution in [-0.4, -0.2) is 50.9 Å². The lowest BCUT2D eigenvalue weighted by Crippen LogP contribution is -2.47. The van der Waals surface area contributed by atoms with Crippen LogP contribution in [0.4, 0.5) is 0 Å². The molecule has 1 aromatic carbocycles. The lowest BCUT2D eigenvalue weighted by atomic mass is 9.85. The molecule has 4 nitrogen and oxygen atoms in total. The Bertz CT molecular complexity index is 492. The molecule has 7 heteroatoms. The molecule has 0 unspecified atom stereocenters. The largest absolute Gasteiger partial charge is 0.494 e. The summed E-state index contributed by atoms with van der Waals surface area (Å²) in [6.45, 7) is 8.85. The van der Waals surface area contributed by atoms with Gasteiger partial charge in [-0.05, 0) is 43.9 Å². The molecule has 3 rings (SSSR count). The van der Waals surface area contributed by atoms with Crippen LogP contribution in [0, 0.1) is 5.92 Å². The Hall–Kier alpha value is -0.0400. The summed E-state index contributed by atoms with van der Waals surface area (Å²) < 4.78 is 12.7. The molecule has 2 saturated heterocycles. The Morgan fingerprint density at radius 1 is 1.24 bits per heavy atom. The fraction of sp³-hybridized carbons (Fsp3) is 0.667. The van der Waals surface area contributed by atoms with E-state index in [1.165, 1.54) is 5.56 Å². The fourth-order valence-electron chi connectivity index (χ4n) is 3.78. The molecule has 25 heavy (non-hydrogen) atoms. The highest BCUT2D eigenvalue weighted by Crippen LogP contribution is 2.40. The smallest absolute Gasteiger partial charge is 0.124 e. The molecule has 0 saturated carbocycles. The van der Waals surface area contributed by atoms with Crippen molar-refractivity contribution in [3.05, 3.63) is 28.2 Å². The van der Waals surface area contributed by atoms with Crippen LogP contribution < -0.4 is 10.1 Å². The Morgan fingerprint density at radius 3 is 2.56 bits per heavy atom. The van der Waals surface area contributed by atoms with E-state index in [-0.39, 0.29) is 24.8 Å². The van der Waals surface area contributed by atoms with E-state index in [9.17, 15) is 0 Å². The van der Waals surface area contributed by atoms with Gasteiger partial charge in [0, 0.05) is 55.5 Å². The summed E-state index contributed by atoms with van der Waals surface area (Å²) in [6.07, 6.45) is 2.26. The number of ether oxygens (including phenoxy) is 2. The Labute approximate surface area is 172 Å². The molecule has 1 aromatic rings. The molecule has 0 radical (unpaired) electrons. The van der Waals surface area contributed by atoms with E-state index in [1.807, 2.05) is 0 Å². The summed E-state index contributed by atoms with van der Waals surface area (Å²) in [5.74, 6) is 1.67. The standard InChI is InChI=1S/C18H27BrN2O2.2ClH/c1-2-23-17-4-3-15(19)13-16(17)18(14-5-11-22-12-6-14)21-9-7-20-8-10-21;;/h3-4,13-14,18,20H,2,5-12H2,1H3;2*1H/t18-;;/m1../s1. The average molecular weight is 456 g/mol. The SMILES string of the molecule is CCOc1ccc(Br)cc1[C@@H](C1CCOCC1)N1CCNCC1.Cl.Cl. The molecule has 1 atom stereocenters. The molecule has 0 aliphatic carbocycles. The Morgan fingerprint density at radius 2 is 1.92 bits per heavy atom. The number of piperazine rings is 1. The highest BCUT2D eigenvalue weighted by molar-refractivity contribution is 9.10. The molecular formula is C18H29BrCl2N2O2. The second-order valence-corrected chi connectivity index (χ2v) is 7.21. The van der Waals surface area contributed by atoms with Crippen molar-refractivity contribution < 1.29 is 9.47 Å². The number of hydrogen-bond acceptors (Lipinski definition) is 4. The van der Waals surface area contributed by atoms with Gasteiger partial charge in [-0.3, -0.25) is 4.90 Å². The molecule has 0 aromatic heterocycles. The fourth-order valence-corrected chi connectivity index (χ4v) is 4.16. The van der Waals surface area contributed by atoms with Gasteiger partial charge in [0.1, 0.15) is 5.75 Å². The van der Waals surface area contributed by atoms with E-state index < -0.39 is 0 Å². The van der Waals surface area contributed by atoms with Crippen LogP contribution in [-0.2, 0) is 4.74 Å². The third-order valence-corrected chi connectivity index (χ3v) is 5.34. The Kier molecular flexibility index (Phi) is 10.7. The topological polar surface area (TPSA) is 33.7 Å². The molecule has 0 spiro atoms. The van der Waals surface area contributed by atoms with Crippen LogP contribution in [0.15, 0.2) is 22.7 Å². The highest BCUT2D eigenvalue weighted by atomic mass is 79.9. The van der Waals surface area contributed by atoms with Crippen LogP contribution >= 0.6 is 40.7 Å². The molecule has 1 N–H and O–H groups in total. The number of hydrogen-bond donors (Lipinski definition) is 1. The summed E-state index contributed by atoms with van der Waals surface area (Å²) in [6, 6.07) is 6.86. The zero-order valence-electron chi connectivity index (χ0n) is 14.7. The summed E-state index contributed by atoms with van der Waals surface area (Å²) in [4.78, 5) is 2.64. The van der Waals surface area contributed by atoms with Crippen LogP contribution in [0.1, 0.15) is 31.4 Å². The molecular weight excluding hydrogens is 427 g/mol. The summed E-state index contributed by atoms with van der Waals surface area (Å²) in [5.41, 5.74) is 1.33. The average Bonchev–Trinajstić information content (AvgIpc) is 2.60. The lowest BCUT2D eigenvalue weighted by Gasteiger charge is -2.41. The van der Waals surface area contributed by atoms with Crippen molar-refractivity contribution in [3.63, 3.8) is 0 Å². The first-order chi connectivity index (χ1) is 11.3. The van der Waals surface area contributed by atoms with E-state index in [1.54, 1.807) is 0 Å². The minimum absolute atomic E-state index is 0. The van der Waals surface area contributed by atoms with Gasteiger partial charge in [-0.25, -0.2) is 0 Å². The molecule has 2 fully saturated rings. The molecule has 2 heterocycles. The maximum absolute atomic E-state index is 5.96. The van der Waals surface area contributed by atoms with Crippen molar-refractivity contribution in [2.75, 3.05) is 46.0 Å². The number of rotatable bonds is 5. The quantitative estimate of drug-likeness (QED) is 0.725. The van der Waals surface area contributed by atoms with E-state index in [2.05, 4.69) is 51.3 Å². The van der Waals surface area contributed by atoms with Crippen LogP contribution in [0.25, 0.3) is 0 Å². The van der Waals surface area contributed by atoms with E-state index in [0.29, 0.717) is 18.6 Å². The van der Waals surface area contributed by atoms with Crippen molar-refractivity contribution in [2.45, 2.75) is 25.8 Å². The van der Waals surface area contributed by atoms with E-state index >= 15 is 0 Å². The van der Waals surface area contributed by atoms with Gasteiger partial charge in [-0.1, -0.05) is 15.9 Å². The minimum Gasteiger partial charge on any atom is -0.494 e. The minimum atomic E-state index is 0. The van der Waals surface area contributed by atoms with Gasteiger partial charge in [-0.2, -0.15) is 0 Å². The van der Waals surface area contributed by atoms with Crippen molar-refractivity contribution in [1.29, 1.82) is 0 Å². The molecule has 144 valence electrons. The van der Waals surface area contributed by atoms with Crippen molar-refractivity contribution in [1.82, 2.24) is 10.2 Å². The molecule has 2 aliphatic rings. The molecule has 0 amide bonds. The normalized spacial score (nSPS) is 20.2. The van der Waals surface area contributed by atoms with Gasteiger partial charge in [0.15, 0.2) is 0 Å². The second kappa shape index (κ2) is 11.6. The molecule has 2 aliphatic heterocycles. The van der Waals surface area contributed by atoms with Gasteiger partial charge in [0.2, 0.25) is 0 Å². The lowest BCUT2D eigenvalue weighted by molar-refractivity contribution is 0.0205. The van der Waals surface area contributed by atoms with E-state index in [4.69, 9.17) is 9.47 Å². The van der Waals surface area contributed by atoms with Crippen LogP contribution in [0.2, 0.25) is 0 Å². The van der Waals surface area contributed by atoms with Crippen LogP contribution in [0.5, 0.6) is 5.75 Å². The first kappa shape index (κ1) is 23.0. The predicted molar refractivity (Wildman–Crippen MR) is 111 cm³/mol. The maximum Gasteiger partial charge on any atom is 0.124 e. The third-order valence-electron chi connectivity index (χ3n) is 4.85. The molecule has 0 bridgehead atoms. The Balaban J connectivity index is 0.00000156. The number of nitrogens with zero attached hydrogens (tertiary/aromatic N) is 1. The summed E-state index contributed by atoms with van der Waals surface area (Å²) >= 11 is 3.65. The zero-order valence-corrected chi connectivity index (χ0v) is 17.9. The first-order valence-corrected chi connectivity index (χ1v) is 9.53. The highest BCUT2D eigenvalue weighted by Gasteiger charge is 2.33. The van der Waals surface area contributed by atoms with Crippen molar-refractivity contribution in [3.8, 4) is 5.75 Å². The first-order valence-electron chi connectivity index (χ1n) is 8.74. The second-order valence-electron chi connectivity index (χ2n) is 6.30. The van der Waals surface area contributed by atoms with Crippen molar-refractivity contribution in [2.24, 2.45) is 5.92 Å². The van der Waals surface area contributed by atoms with Crippen LogP contribution in [0.3, 0.4) is 0 Å². The van der Waals surface area contributed by atoms with Gasteiger partial charge < -0.3 is 14.8 Å². The maximum atomic E-state index is 5.96. The number of halogens is 3. The summed E-state index contributed by atoms with van der Waals surface area (Å²) in [7, 11) is 0. The van der Waals surface area contributed by atoms with Crippen molar-refractivity contribution >= 4 is 40.7 Å². The third kappa shape index (κ3) is 5.98. The van der Waals surface area contributed by atoms with E-state index in [0.717, 1.165) is 62.5 Å². The number of benzene rings is 1. The summed E-state index contributed by atoms with van der Waals surface area (Å²) in [5, 5.41) is 3.47.